The highest BCUT2D eigenvalue weighted by Gasteiger charge is 2.14. The molecule has 0 saturated heterocycles. The van der Waals surface area contributed by atoms with Gasteiger partial charge in [0.1, 0.15) is 11.5 Å². The summed E-state index contributed by atoms with van der Waals surface area (Å²) in [5.74, 6) is 1.72. The van der Waals surface area contributed by atoms with Gasteiger partial charge in [-0.3, -0.25) is 14.6 Å². The summed E-state index contributed by atoms with van der Waals surface area (Å²) < 4.78 is 1.80. The van der Waals surface area contributed by atoms with Gasteiger partial charge in [-0.05, 0) is 47.9 Å². The average Bonchev–Trinajstić information content (AvgIpc) is 3.21. The first-order valence-corrected chi connectivity index (χ1v) is 10.4. The fourth-order valence-electron chi connectivity index (χ4n) is 3.53. The predicted molar refractivity (Wildman–Crippen MR) is 124 cm³/mol. The fraction of sp³-hybridized carbons (Fsp3) is 0.167. The minimum absolute atomic E-state index is 0.371. The van der Waals surface area contributed by atoms with Crippen molar-refractivity contribution in [1.82, 2.24) is 34.9 Å². The molecule has 0 aromatic carbocycles. The van der Waals surface area contributed by atoms with Gasteiger partial charge in [0.15, 0.2) is 5.82 Å². The molecular formula is C24H22N8. The number of hydrogen-bond donors (Lipinski definition) is 1. The molecule has 0 aliphatic carbocycles. The highest BCUT2D eigenvalue weighted by Crippen LogP contribution is 2.31. The summed E-state index contributed by atoms with van der Waals surface area (Å²) in [6, 6.07) is 11.8. The second-order valence-electron chi connectivity index (χ2n) is 7.92. The quantitative estimate of drug-likeness (QED) is 0.437. The van der Waals surface area contributed by atoms with Crippen molar-refractivity contribution in [3.63, 3.8) is 0 Å². The van der Waals surface area contributed by atoms with Crippen LogP contribution in [-0.2, 0) is 7.05 Å². The number of pyridine rings is 3. The number of rotatable bonds is 5. The van der Waals surface area contributed by atoms with Crippen molar-refractivity contribution in [3.8, 4) is 22.4 Å². The van der Waals surface area contributed by atoms with Crippen molar-refractivity contribution in [1.29, 1.82) is 0 Å². The van der Waals surface area contributed by atoms with E-state index in [2.05, 4.69) is 44.4 Å². The largest absolute Gasteiger partial charge is 0.323 e. The summed E-state index contributed by atoms with van der Waals surface area (Å²) in [5, 5.41) is 16.2. The van der Waals surface area contributed by atoms with Crippen LogP contribution in [0.4, 0.5) is 11.6 Å². The number of nitrogens with zero attached hydrogens (tertiary/aromatic N) is 7. The van der Waals surface area contributed by atoms with Gasteiger partial charge < -0.3 is 5.32 Å². The molecule has 0 amide bonds. The molecule has 158 valence electrons. The zero-order chi connectivity index (χ0) is 22.1. The first-order chi connectivity index (χ1) is 15.6. The van der Waals surface area contributed by atoms with Crippen molar-refractivity contribution in [2.45, 2.75) is 19.8 Å². The Kier molecular flexibility index (Phi) is 5.03. The molecule has 32 heavy (non-hydrogen) atoms. The summed E-state index contributed by atoms with van der Waals surface area (Å²) >= 11 is 0. The molecule has 5 heterocycles. The van der Waals surface area contributed by atoms with Crippen LogP contribution in [0.1, 0.15) is 25.3 Å². The van der Waals surface area contributed by atoms with Gasteiger partial charge in [-0.2, -0.15) is 10.2 Å². The Morgan fingerprint density at radius 1 is 0.938 bits per heavy atom. The minimum atomic E-state index is 0.371. The van der Waals surface area contributed by atoms with Gasteiger partial charge in [-0.15, -0.1) is 5.10 Å². The van der Waals surface area contributed by atoms with E-state index in [4.69, 9.17) is 4.98 Å². The number of anilines is 2. The lowest BCUT2D eigenvalue weighted by Crippen LogP contribution is -2.00. The topological polar surface area (TPSA) is 94.3 Å². The molecule has 5 rings (SSSR count). The SMILES string of the molecule is CC(C)c1cnnc(Nc2ccc3ncc(-c4cn(C)nc4-c4cccnc4)cc3n2)c1. The van der Waals surface area contributed by atoms with Gasteiger partial charge in [0.05, 0.1) is 17.2 Å². The lowest BCUT2D eigenvalue weighted by atomic mass is 10.0. The molecule has 0 unspecified atom stereocenters. The molecule has 0 aliphatic rings. The molecule has 5 aromatic rings. The van der Waals surface area contributed by atoms with Gasteiger partial charge in [0, 0.05) is 48.5 Å². The molecule has 0 radical (unpaired) electrons. The van der Waals surface area contributed by atoms with Crippen LogP contribution in [-0.4, -0.2) is 34.9 Å². The Hall–Kier alpha value is -4.20. The fourth-order valence-corrected chi connectivity index (χ4v) is 3.53. The first kappa shape index (κ1) is 19.7. The van der Waals surface area contributed by atoms with Crippen LogP contribution in [0.2, 0.25) is 0 Å². The molecule has 0 saturated carbocycles. The smallest absolute Gasteiger partial charge is 0.154 e. The highest BCUT2D eigenvalue weighted by atomic mass is 15.3. The van der Waals surface area contributed by atoms with E-state index in [1.165, 1.54) is 0 Å². The molecule has 0 bridgehead atoms. The third-order valence-corrected chi connectivity index (χ3v) is 5.21. The number of fused-ring (bicyclic) bond motifs is 1. The van der Waals surface area contributed by atoms with E-state index in [1.54, 1.807) is 17.1 Å². The number of hydrogen-bond acceptors (Lipinski definition) is 7. The molecular weight excluding hydrogens is 400 g/mol. The third kappa shape index (κ3) is 3.90. The van der Waals surface area contributed by atoms with Crippen molar-refractivity contribution < 1.29 is 0 Å². The third-order valence-electron chi connectivity index (χ3n) is 5.21. The lowest BCUT2D eigenvalue weighted by molar-refractivity contribution is 0.771. The average molecular weight is 422 g/mol. The molecule has 8 heteroatoms. The normalized spacial score (nSPS) is 11.2. The maximum atomic E-state index is 4.76. The van der Waals surface area contributed by atoms with Crippen LogP contribution in [0.25, 0.3) is 33.4 Å². The summed E-state index contributed by atoms with van der Waals surface area (Å²) in [7, 11) is 1.91. The number of nitrogens with one attached hydrogen (secondary N) is 1. The van der Waals surface area contributed by atoms with Gasteiger partial charge >= 0.3 is 0 Å². The Bertz CT molecular complexity index is 1390. The summed E-state index contributed by atoms with van der Waals surface area (Å²) in [4.78, 5) is 13.6. The maximum Gasteiger partial charge on any atom is 0.154 e. The monoisotopic (exact) mass is 422 g/mol. The molecule has 0 atom stereocenters. The molecule has 0 fully saturated rings. The Labute approximate surface area is 185 Å². The molecule has 1 N–H and O–H groups in total. The Morgan fingerprint density at radius 2 is 1.84 bits per heavy atom. The maximum absolute atomic E-state index is 4.76. The van der Waals surface area contributed by atoms with E-state index >= 15 is 0 Å². The van der Waals surface area contributed by atoms with Gasteiger partial charge in [0.2, 0.25) is 0 Å². The van der Waals surface area contributed by atoms with E-state index in [-0.39, 0.29) is 0 Å². The Balaban J connectivity index is 1.52. The number of aryl methyl sites for hydroxylation is 1. The van der Waals surface area contributed by atoms with E-state index in [1.807, 2.05) is 62.0 Å². The van der Waals surface area contributed by atoms with Crippen LogP contribution in [0.15, 0.2) is 67.4 Å². The van der Waals surface area contributed by atoms with E-state index in [0.29, 0.717) is 17.6 Å². The summed E-state index contributed by atoms with van der Waals surface area (Å²) in [6.45, 7) is 4.25. The standard InChI is InChI=1S/C24H22N8/c1-15(2)17-10-23(30-27-13-17)29-22-7-6-20-21(28-22)9-18(12-26-20)19-14-32(3)31-24(19)16-5-4-8-25-11-16/h4-15H,1-3H3,(H,28,29,30). The summed E-state index contributed by atoms with van der Waals surface area (Å²) in [6.07, 6.45) is 9.19. The Morgan fingerprint density at radius 3 is 2.66 bits per heavy atom. The van der Waals surface area contributed by atoms with Gasteiger partial charge in [0.25, 0.3) is 0 Å². The van der Waals surface area contributed by atoms with E-state index in [9.17, 15) is 0 Å². The lowest BCUT2D eigenvalue weighted by Gasteiger charge is -2.09. The first-order valence-electron chi connectivity index (χ1n) is 10.4. The molecule has 5 aromatic heterocycles. The van der Waals surface area contributed by atoms with Crippen molar-refractivity contribution in [2.75, 3.05) is 5.32 Å². The van der Waals surface area contributed by atoms with Gasteiger partial charge in [-0.1, -0.05) is 13.8 Å². The van der Waals surface area contributed by atoms with Crippen molar-refractivity contribution in [3.05, 3.63) is 72.9 Å². The molecule has 0 spiro atoms. The predicted octanol–water partition coefficient (Wildman–Crippen LogP) is 4.75. The second kappa shape index (κ2) is 8.14. The van der Waals surface area contributed by atoms with Gasteiger partial charge in [-0.25, -0.2) is 4.98 Å². The zero-order valence-electron chi connectivity index (χ0n) is 18.1. The van der Waals surface area contributed by atoms with Crippen LogP contribution in [0, 0.1) is 0 Å². The van der Waals surface area contributed by atoms with Crippen LogP contribution >= 0.6 is 0 Å². The van der Waals surface area contributed by atoms with Crippen LogP contribution < -0.4 is 5.32 Å². The van der Waals surface area contributed by atoms with Crippen LogP contribution in [0.3, 0.4) is 0 Å². The van der Waals surface area contributed by atoms with Crippen molar-refractivity contribution in [2.24, 2.45) is 7.05 Å². The minimum Gasteiger partial charge on any atom is -0.323 e. The second-order valence-corrected chi connectivity index (χ2v) is 7.92. The molecule has 0 aliphatic heterocycles. The molecule has 8 nitrogen and oxygen atoms in total. The van der Waals surface area contributed by atoms with E-state index < -0.39 is 0 Å². The van der Waals surface area contributed by atoms with E-state index in [0.717, 1.165) is 39.0 Å². The summed E-state index contributed by atoms with van der Waals surface area (Å²) in [5.41, 5.74) is 6.44. The van der Waals surface area contributed by atoms with Crippen LogP contribution in [0.5, 0.6) is 0 Å². The highest BCUT2D eigenvalue weighted by molar-refractivity contribution is 5.86. The van der Waals surface area contributed by atoms with Crippen molar-refractivity contribution >= 4 is 22.7 Å². The zero-order valence-corrected chi connectivity index (χ0v) is 18.1. The number of aromatic nitrogens is 7.